The van der Waals surface area contributed by atoms with E-state index in [9.17, 15) is 18.0 Å². The molecule has 8 heteroatoms. The van der Waals surface area contributed by atoms with Gasteiger partial charge in [0.25, 0.3) is 5.91 Å². The molecule has 25 heavy (non-hydrogen) atoms. The summed E-state index contributed by atoms with van der Waals surface area (Å²) >= 11 is 0. The number of nitrogens with zero attached hydrogens (tertiary/aromatic N) is 3. The van der Waals surface area contributed by atoms with Gasteiger partial charge in [0.1, 0.15) is 5.82 Å². The van der Waals surface area contributed by atoms with Gasteiger partial charge in [-0.15, -0.1) is 0 Å². The summed E-state index contributed by atoms with van der Waals surface area (Å²) < 4.78 is 39.8. The lowest BCUT2D eigenvalue weighted by molar-refractivity contribution is -0.141. The van der Waals surface area contributed by atoms with E-state index in [1.165, 1.54) is 0 Å². The van der Waals surface area contributed by atoms with Crippen LogP contribution in [0, 0.1) is 5.92 Å². The minimum Gasteiger partial charge on any atom is -0.352 e. The predicted octanol–water partition coefficient (Wildman–Crippen LogP) is 2.85. The smallest absolute Gasteiger partial charge is 0.352 e. The standard InChI is InChI=1S/C17H19F3N4O/c1-2-12-8-21-6-5-13(12)16(25)22-7-11-3-4-15-23-14(17(18,19)20)10-24(15)9-11/h5-6,8,10-11H,2-4,7,9H2,1H3,(H,22,25). The van der Waals surface area contributed by atoms with E-state index in [-0.39, 0.29) is 11.8 Å². The molecule has 3 rings (SSSR count). The minimum atomic E-state index is -4.42. The number of nitrogens with one attached hydrogen (secondary N) is 1. The topological polar surface area (TPSA) is 59.8 Å². The fourth-order valence-electron chi connectivity index (χ4n) is 3.08. The van der Waals surface area contributed by atoms with Crippen LogP contribution in [-0.2, 0) is 25.6 Å². The fraction of sp³-hybridized carbons (Fsp3) is 0.471. The second-order valence-corrected chi connectivity index (χ2v) is 6.19. The first-order valence-corrected chi connectivity index (χ1v) is 8.22. The van der Waals surface area contributed by atoms with Gasteiger partial charge in [0, 0.05) is 43.7 Å². The van der Waals surface area contributed by atoms with Crippen molar-refractivity contribution in [2.24, 2.45) is 5.92 Å². The number of carbonyl (C=O) groups excluding carboxylic acids is 1. The predicted molar refractivity (Wildman–Crippen MR) is 85.0 cm³/mol. The van der Waals surface area contributed by atoms with Crippen LogP contribution in [0.15, 0.2) is 24.7 Å². The van der Waals surface area contributed by atoms with Crippen molar-refractivity contribution >= 4 is 5.91 Å². The molecular formula is C17H19F3N4O. The number of rotatable bonds is 4. The summed E-state index contributed by atoms with van der Waals surface area (Å²) in [6.07, 6.45) is 1.76. The highest BCUT2D eigenvalue weighted by Gasteiger charge is 2.35. The summed E-state index contributed by atoms with van der Waals surface area (Å²) in [5, 5.41) is 2.89. The van der Waals surface area contributed by atoms with E-state index in [0.29, 0.717) is 43.7 Å². The molecule has 1 aliphatic heterocycles. The van der Waals surface area contributed by atoms with E-state index in [4.69, 9.17) is 0 Å². The van der Waals surface area contributed by atoms with Crippen molar-refractivity contribution in [1.29, 1.82) is 0 Å². The molecule has 1 unspecified atom stereocenters. The van der Waals surface area contributed by atoms with E-state index in [0.717, 1.165) is 11.8 Å². The average molecular weight is 352 g/mol. The third-order valence-electron chi connectivity index (χ3n) is 4.46. The third kappa shape index (κ3) is 3.83. The minimum absolute atomic E-state index is 0.0821. The number of hydrogen-bond acceptors (Lipinski definition) is 3. The van der Waals surface area contributed by atoms with Gasteiger partial charge in [-0.1, -0.05) is 6.92 Å². The second kappa shape index (κ2) is 6.85. The highest BCUT2D eigenvalue weighted by molar-refractivity contribution is 5.95. The number of carbonyl (C=O) groups is 1. The fourth-order valence-corrected chi connectivity index (χ4v) is 3.08. The molecule has 1 amide bonds. The molecule has 0 saturated heterocycles. The van der Waals surface area contributed by atoms with E-state index in [1.54, 1.807) is 23.0 Å². The van der Waals surface area contributed by atoms with Crippen LogP contribution in [-0.4, -0.2) is 27.0 Å². The zero-order valence-electron chi connectivity index (χ0n) is 13.8. The highest BCUT2D eigenvalue weighted by atomic mass is 19.4. The Labute approximate surface area is 143 Å². The van der Waals surface area contributed by atoms with Crippen molar-refractivity contribution in [3.05, 3.63) is 47.3 Å². The third-order valence-corrected chi connectivity index (χ3v) is 4.46. The van der Waals surface area contributed by atoms with Crippen LogP contribution < -0.4 is 5.32 Å². The highest BCUT2D eigenvalue weighted by Crippen LogP contribution is 2.30. The van der Waals surface area contributed by atoms with Crippen LogP contribution in [0.2, 0.25) is 0 Å². The first kappa shape index (κ1) is 17.4. The van der Waals surface area contributed by atoms with E-state index >= 15 is 0 Å². The molecular weight excluding hydrogens is 333 g/mol. The Balaban J connectivity index is 1.62. The maximum absolute atomic E-state index is 12.7. The van der Waals surface area contributed by atoms with Crippen LogP contribution in [0.1, 0.15) is 40.8 Å². The summed E-state index contributed by atoms with van der Waals surface area (Å²) in [5.74, 6) is 0.364. The van der Waals surface area contributed by atoms with Gasteiger partial charge in [0.15, 0.2) is 5.69 Å². The number of imidazole rings is 1. The monoisotopic (exact) mass is 352 g/mol. The summed E-state index contributed by atoms with van der Waals surface area (Å²) in [6, 6.07) is 1.68. The number of fused-ring (bicyclic) bond motifs is 1. The first-order valence-electron chi connectivity index (χ1n) is 8.22. The van der Waals surface area contributed by atoms with E-state index < -0.39 is 11.9 Å². The first-order chi connectivity index (χ1) is 11.9. The maximum atomic E-state index is 12.7. The van der Waals surface area contributed by atoms with Crippen molar-refractivity contribution in [2.75, 3.05) is 6.54 Å². The van der Waals surface area contributed by atoms with Gasteiger partial charge in [0.2, 0.25) is 0 Å². The summed E-state index contributed by atoms with van der Waals surface area (Å²) in [7, 11) is 0. The molecule has 0 radical (unpaired) electrons. The number of alkyl halides is 3. The van der Waals surface area contributed by atoms with Crippen LogP contribution in [0.3, 0.4) is 0 Å². The van der Waals surface area contributed by atoms with Gasteiger partial charge in [0.05, 0.1) is 0 Å². The molecule has 2 aromatic rings. The number of hydrogen-bond donors (Lipinski definition) is 1. The van der Waals surface area contributed by atoms with Gasteiger partial charge in [-0.25, -0.2) is 4.98 Å². The van der Waals surface area contributed by atoms with Crippen LogP contribution in [0.4, 0.5) is 13.2 Å². The summed E-state index contributed by atoms with van der Waals surface area (Å²) in [5.41, 5.74) is 0.614. The number of halogens is 3. The van der Waals surface area contributed by atoms with Gasteiger partial charge >= 0.3 is 6.18 Å². The zero-order valence-corrected chi connectivity index (χ0v) is 13.8. The Morgan fingerprint density at radius 1 is 1.44 bits per heavy atom. The molecule has 1 aliphatic rings. The number of aromatic nitrogens is 3. The van der Waals surface area contributed by atoms with Crippen molar-refractivity contribution in [3.8, 4) is 0 Å². The maximum Gasteiger partial charge on any atom is 0.434 e. The molecule has 2 aromatic heterocycles. The van der Waals surface area contributed by atoms with Gasteiger partial charge in [-0.3, -0.25) is 9.78 Å². The van der Waals surface area contributed by atoms with Crippen LogP contribution in [0.25, 0.3) is 0 Å². The van der Waals surface area contributed by atoms with Crippen molar-refractivity contribution in [3.63, 3.8) is 0 Å². The summed E-state index contributed by atoms with van der Waals surface area (Å²) in [6.45, 7) is 2.80. The number of aryl methyl sites for hydroxylation is 2. The molecule has 1 N–H and O–H groups in total. The lowest BCUT2D eigenvalue weighted by Gasteiger charge is -2.24. The van der Waals surface area contributed by atoms with Crippen LogP contribution in [0.5, 0.6) is 0 Å². The molecule has 0 fully saturated rings. The number of amides is 1. The van der Waals surface area contributed by atoms with Crippen LogP contribution >= 0.6 is 0 Å². The Kier molecular flexibility index (Phi) is 4.78. The number of pyridine rings is 1. The Hall–Kier alpha value is -2.38. The van der Waals surface area contributed by atoms with E-state index in [2.05, 4.69) is 15.3 Å². The molecule has 134 valence electrons. The molecule has 1 atom stereocenters. The van der Waals surface area contributed by atoms with Crippen molar-refractivity contribution in [1.82, 2.24) is 19.9 Å². The van der Waals surface area contributed by atoms with Gasteiger partial charge in [-0.05, 0) is 30.4 Å². The normalized spacial score (nSPS) is 17.2. The van der Waals surface area contributed by atoms with Gasteiger partial charge < -0.3 is 9.88 Å². The molecule has 0 spiro atoms. The largest absolute Gasteiger partial charge is 0.434 e. The van der Waals surface area contributed by atoms with Crippen molar-refractivity contribution in [2.45, 2.75) is 38.9 Å². The Bertz CT molecular complexity index is 769. The van der Waals surface area contributed by atoms with Gasteiger partial charge in [-0.2, -0.15) is 13.2 Å². The second-order valence-electron chi connectivity index (χ2n) is 6.19. The molecule has 0 aliphatic carbocycles. The SMILES string of the molecule is CCc1cnccc1C(=O)NCC1CCc2nc(C(F)(F)F)cn2C1. The quantitative estimate of drug-likeness (QED) is 0.920. The molecule has 0 saturated carbocycles. The molecule has 0 bridgehead atoms. The van der Waals surface area contributed by atoms with Crippen molar-refractivity contribution < 1.29 is 18.0 Å². The Morgan fingerprint density at radius 2 is 2.24 bits per heavy atom. The lowest BCUT2D eigenvalue weighted by Crippen LogP contribution is -2.34. The zero-order chi connectivity index (χ0) is 18.0. The lowest BCUT2D eigenvalue weighted by atomic mass is 9.99. The molecule has 3 heterocycles. The molecule has 0 aromatic carbocycles. The average Bonchev–Trinajstić information content (AvgIpc) is 3.03. The molecule has 5 nitrogen and oxygen atoms in total. The van der Waals surface area contributed by atoms with E-state index in [1.807, 2.05) is 6.92 Å². The Morgan fingerprint density at radius 3 is 2.96 bits per heavy atom. The summed E-state index contributed by atoms with van der Waals surface area (Å²) in [4.78, 5) is 20.0.